The number of carbonyl (C=O) groups excluding carboxylic acids is 1. The largest absolute Gasteiger partial charge is 0.494 e. The zero-order valence-electron chi connectivity index (χ0n) is 19.8. The van der Waals surface area contributed by atoms with Crippen LogP contribution in [0.1, 0.15) is 30.9 Å². The van der Waals surface area contributed by atoms with Crippen LogP contribution in [0.4, 0.5) is 28.7 Å². The smallest absolute Gasteiger partial charge is 0.294 e. The van der Waals surface area contributed by atoms with E-state index in [1.165, 1.54) is 19.5 Å². The van der Waals surface area contributed by atoms with Gasteiger partial charge < -0.3 is 15.0 Å². The number of ether oxygens (including phenoxy) is 1. The summed E-state index contributed by atoms with van der Waals surface area (Å²) in [6.45, 7) is 1.43. The first-order chi connectivity index (χ1) is 17.5. The number of nitro benzene ring substituents is 1. The first-order valence-electron chi connectivity index (χ1n) is 11.7. The van der Waals surface area contributed by atoms with E-state index in [1.54, 1.807) is 17.2 Å². The molecule has 0 spiro atoms. The van der Waals surface area contributed by atoms with Crippen LogP contribution in [-0.4, -0.2) is 47.5 Å². The number of methoxy groups -OCH3 is 1. The first-order valence-corrected chi connectivity index (χ1v) is 11.7. The van der Waals surface area contributed by atoms with Crippen molar-refractivity contribution in [3.05, 3.63) is 70.5 Å². The molecule has 1 N–H and O–H groups in total. The van der Waals surface area contributed by atoms with Crippen molar-refractivity contribution in [3.8, 4) is 5.75 Å². The molecule has 2 saturated heterocycles. The number of nitrogens with zero attached hydrogens (tertiary/aromatic N) is 5. The van der Waals surface area contributed by atoms with Crippen LogP contribution in [0.3, 0.4) is 0 Å². The van der Waals surface area contributed by atoms with Gasteiger partial charge in [-0.2, -0.15) is 0 Å². The molecule has 3 aromatic rings. The molecule has 11 heteroatoms. The number of anilines is 4. The van der Waals surface area contributed by atoms with Crippen molar-refractivity contribution in [2.45, 2.75) is 25.3 Å². The van der Waals surface area contributed by atoms with Gasteiger partial charge in [0.25, 0.3) is 5.69 Å². The van der Waals surface area contributed by atoms with E-state index in [0.29, 0.717) is 61.3 Å². The van der Waals surface area contributed by atoms with Crippen LogP contribution < -0.4 is 20.0 Å². The lowest BCUT2D eigenvalue weighted by atomic mass is 10.0. The van der Waals surface area contributed by atoms with E-state index in [9.17, 15) is 14.9 Å². The summed E-state index contributed by atoms with van der Waals surface area (Å²) in [6, 6.07) is 14.9. The second-order valence-corrected chi connectivity index (χ2v) is 8.58. The molecular formula is C25H26N6O5. The fourth-order valence-corrected chi connectivity index (χ4v) is 4.57. The molecule has 186 valence electrons. The maximum Gasteiger partial charge on any atom is 0.294 e. The van der Waals surface area contributed by atoms with Gasteiger partial charge >= 0.3 is 0 Å². The zero-order valence-corrected chi connectivity index (χ0v) is 19.8. The van der Waals surface area contributed by atoms with Crippen LogP contribution in [0.5, 0.6) is 5.75 Å². The molecule has 36 heavy (non-hydrogen) atoms. The van der Waals surface area contributed by atoms with Crippen LogP contribution in [-0.2, 0) is 9.63 Å². The predicted octanol–water partition coefficient (Wildman–Crippen LogP) is 4.19. The van der Waals surface area contributed by atoms with Crippen LogP contribution in [0.15, 0.2) is 54.9 Å². The topological polar surface area (TPSA) is 123 Å². The fourth-order valence-electron chi connectivity index (χ4n) is 4.57. The van der Waals surface area contributed by atoms with Gasteiger partial charge in [0.1, 0.15) is 29.4 Å². The number of hydroxylamine groups is 1. The minimum absolute atomic E-state index is 0.0141. The Labute approximate surface area is 207 Å². The molecule has 2 fully saturated rings. The summed E-state index contributed by atoms with van der Waals surface area (Å²) in [4.78, 5) is 39.5. The normalized spacial score (nSPS) is 17.8. The number of nitrogens with one attached hydrogen (secondary N) is 1. The van der Waals surface area contributed by atoms with Gasteiger partial charge in [-0.15, -0.1) is 0 Å². The van der Waals surface area contributed by atoms with Crippen LogP contribution in [0, 0.1) is 10.1 Å². The Hall–Kier alpha value is -4.25. The van der Waals surface area contributed by atoms with Crippen LogP contribution in [0.2, 0.25) is 0 Å². The fraction of sp³-hybridized carbons (Fsp3) is 0.320. The molecule has 0 amide bonds. The standard InChI is InChI=1S/C25H26N6O5/c1-35-23-14-21(29-10-7-18(32)8-11-29)22(31(33)34)13-19(23)28-24-15-25(27-16-26-24)30-20(9-12-36-30)17-5-3-2-4-6-17/h2-6,13-16,20H,7-12H2,1H3,(H,26,27,28). The summed E-state index contributed by atoms with van der Waals surface area (Å²) in [7, 11) is 1.50. The lowest BCUT2D eigenvalue weighted by Gasteiger charge is -2.28. The minimum atomic E-state index is -0.426. The van der Waals surface area contributed by atoms with Crippen molar-refractivity contribution in [1.82, 2.24) is 9.97 Å². The Kier molecular flexibility index (Phi) is 6.63. The van der Waals surface area contributed by atoms with E-state index in [4.69, 9.17) is 9.57 Å². The molecule has 1 aromatic heterocycles. The third-order valence-corrected chi connectivity index (χ3v) is 6.39. The van der Waals surface area contributed by atoms with Gasteiger partial charge in [-0.05, 0) is 5.56 Å². The molecule has 2 aliphatic rings. The number of aromatic nitrogens is 2. The number of hydrogen-bond acceptors (Lipinski definition) is 10. The van der Waals surface area contributed by atoms with Crippen LogP contribution in [0.25, 0.3) is 0 Å². The number of hydrogen-bond donors (Lipinski definition) is 1. The third-order valence-electron chi connectivity index (χ3n) is 6.39. The first kappa shape index (κ1) is 23.5. The van der Waals surface area contributed by atoms with Gasteiger partial charge in [0, 0.05) is 50.6 Å². The second kappa shape index (κ2) is 10.2. The molecule has 0 radical (unpaired) electrons. The van der Waals surface area contributed by atoms with Gasteiger partial charge in [0.15, 0.2) is 5.82 Å². The Balaban J connectivity index is 1.43. The number of ketones is 1. The quantitative estimate of drug-likeness (QED) is 0.381. The SMILES string of the molecule is COc1cc(N2CCC(=O)CC2)c([N+](=O)[O-])cc1Nc1cc(N2OCCC2c2ccccc2)ncn1. The molecule has 2 aliphatic heterocycles. The molecular weight excluding hydrogens is 464 g/mol. The van der Waals surface area contributed by atoms with E-state index in [0.717, 1.165) is 12.0 Å². The summed E-state index contributed by atoms with van der Waals surface area (Å²) in [5.74, 6) is 1.59. The van der Waals surface area contributed by atoms with Crippen molar-refractivity contribution in [1.29, 1.82) is 0 Å². The monoisotopic (exact) mass is 490 g/mol. The number of nitro groups is 1. The molecule has 1 unspecified atom stereocenters. The summed E-state index contributed by atoms with van der Waals surface area (Å²) in [5, 5.41) is 16.8. The van der Waals surface area contributed by atoms with Gasteiger partial charge in [0.05, 0.1) is 30.4 Å². The van der Waals surface area contributed by atoms with Gasteiger partial charge in [0.2, 0.25) is 0 Å². The molecule has 11 nitrogen and oxygen atoms in total. The average Bonchev–Trinajstić information content (AvgIpc) is 3.40. The minimum Gasteiger partial charge on any atom is -0.494 e. The van der Waals surface area contributed by atoms with Gasteiger partial charge in [-0.1, -0.05) is 30.3 Å². The van der Waals surface area contributed by atoms with E-state index >= 15 is 0 Å². The second-order valence-electron chi connectivity index (χ2n) is 8.58. The molecule has 3 heterocycles. The van der Waals surface area contributed by atoms with Gasteiger partial charge in [-0.3, -0.25) is 19.7 Å². The van der Waals surface area contributed by atoms with E-state index in [1.807, 2.05) is 23.1 Å². The highest BCUT2D eigenvalue weighted by Gasteiger charge is 2.30. The molecule has 2 aromatic carbocycles. The summed E-state index contributed by atoms with van der Waals surface area (Å²) >= 11 is 0. The molecule has 0 bridgehead atoms. The molecule has 1 atom stereocenters. The highest BCUT2D eigenvalue weighted by atomic mass is 16.7. The number of carbonyl (C=O) groups is 1. The number of rotatable bonds is 7. The van der Waals surface area contributed by atoms with Crippen molar-refractivity contribution in [2.75, 3.05) is 42.1 Å². The zero-order chi connectivity index (χ0) is 25.1. The number of piperidine rings is 1. The van der Waals surface area contributed by atoms with Crippen LogP contribution >= 0.6 is 0 Å². The Morgan fingerprint density at radius 1 is 1.14 bits per heavy atom. The number of Topliss-reactive ketones (excluding diaryl/α,β-unsaturated/α-hetero) is 1. The molecule has 0 saturated carbocycles. The molecule has 5 rings (SSSR count). The molecule has 0 aliphatic carbocycles. The van der Waals surface area contributed by atoms with Gasteiger partial charge in [-0.25, -0.2) is 15.0 Å². The number of benzene rings is 2. The van der Waals surface area contributed by atoms with Crippen molar-refractivity contribution in [3.63, 3.8) is 0 Å². The Morgan fingerprint density at radius 3 is 2.64 bits per heavy atom. The summed E-state index contributed by atoms with van der Waals surface area (Å²) < 4.78 is 5.55. The van der Waals surface area contributed by atoms with Crippen molar-refractivity contribution < 1.29 is 19.3 Å². The van der Waals surface area contributed by atoms with Crippen molar-refractivity contribution >= 4 is 34.5 Å². The third kappa shape index (κ3) is 4.78. The summed E-state index contributed by atoms with van der Waals surface area (Å²) in [6.07, 6.45) is 2.97. The van der Waals surface area contributed by atoms with E-state index in [-0.39, 0.29) is 17.5 Å². The van der Waals surface area contributed by atoms with E-state index in [2.05, 4.69) is 27.4 Å². The maximum atomic E-state index is 11.9. The highest BCUT2D eigenvalue weighted by Crippen LogP contribution is 2.40. The highest BCUT2D eigenvalue weighted by molar-refractivity contribution is 5.83. The Bertz CT molecular complexity index is 1260. The lowest BCUT2D eigenvalue weighted by molar-refractivity contribution is -0.384. The Morgan fingerprint density at radius 2 is 1.92 bits per heavy atom. The lowest BCUT2D eigenvalue weighted by Crippen LogP contribution is -2.34. The van der Waals surface area contributed by atoms with E-state index < -0.39 is 4.92 Å². The van der Waals surface area contributed by atoms with Crippen molar-refractivity contribution in [2.24, 2.45) is 0 Å². The maximum absolute atomic E-state index is 11.9. The summed E-state index contributed by atoms with van der Waals surface area (Å²) in [5.41, 5.74) is 1.87. The predicted molar refractivity (Wildman–Crippen MR) is 134 cm³/mol. The average molecular weight is 491 g/mol.